The first-order valence-corrected chi connectivity index (χ1v) is 13.3. The first-order valence-electron chi connectivity index (χ1n) is 12.9. The van der Waals surface area contributed by atoms with Crippen LogP contribution in [0.4, 0.5) is 0 Å². The van der Waals surface area contributed by atoms with Crippen LogP contribution < -0.4 is 16.0 Å². The van der Waals surface area contributed by atoms with Crippen LogP contribution >= 0.6 is 11.6 Å². The van der Waals surface area contributed by atoms with E-state index in [4.69, 9.17) is 11.6 Å². The Kier molecular flexibility index (Phi) is 15.5. The summed E-state index contributed by atoms with van der Waals surface area (Å²) >= 11 is 6.11. The molecule has 3 unspecified atom stereocenters. The van der Waals surface area contributed by atoms with Gasteiger partial charge in [-0.05, 0) is 73.1 Å². The van der Waals surface area contributed by atoms with Crippen LogP contribution in [0.5, 0.6) is 0 Å². The van der Waals surface area contributed by atoms with Crippen molar-refractivity contribution in [3.63, 3.8) is 0 Å². The van der Waals surface area contributed by atoms with Crippen molar-refractivity contribution in [2.75, 3.05) is 32.9 Å². The Morgan fingerprint density at radius 2 is 1.84 bits per heavy atom. The summed E-state index contributed by atoms with van der Waals surface area (Å²) in [5.74, 6) is 1.54. The Hall–Kier alpha value is -1.88. The van der Waals surface area contributed by atoms with Crippen LogP contribution in [0.2, 0.25) is 5.02 Å². The van der Waals surface area contributed by atoms with Gasteiger partial charge in [0.1, 0.15) is 0 Å². The van der Waals surface area contributed by atoms with Crippen LogP contribution in [0, 0.1) is 17.3 Å². The van der Waals surface area contributed by atoms with Crippen molar-refractivity contribution in [3.8, 4) is 0 Å². The Bertz CT molecular complexity index is 867. The number of piperidine rings is 1. The molecule has 1 saturated heterocycles. The number of hydrogen-bond donors (Lipinski definition) is 4. The Morgan fingerprint density at radius 1 is 1.16 bits per heavy atom. The van der Waals surface area contributed by atoms with Gasteiger partial charge in [0.05, 0.1) is 12.7 Å². The number of benzene rings is 1. The maximum absolute atomic E-state index is 13.8. The van der Waals surface area contributed by atoms with Crippen LogP contribution in [0.25, 0.3) is 0 Å². The van der Waals surface area contributed by atoms with Gasteiger partial charge >= 0.3 is 0 Å². The predicted molar refractivity (Wildman–Crippen MR) is 155 cm³/mol. The largest absolute Gasteiger partial charge is 0.412 e. The standard InChI is InChI=1S/C27H41ClN4O2.CH4.3H2O/c1-27(2)17-32(11-10-24(27)21-6-8-22(28)9-7-21)26(34)25(13-23-15-29-18-31-23)30-14-19-4-3-5-20(12-19)16-33;;;;/h6-9,15,19-20,24-25,29-31,33H,3-5,10-14,16-18H2,1-2H3;1H4;3*1H2/t19?,20?,24?,25-;;;;/m1..../s1. The van der Waals surface area contributed by atoms with Gasteiger partial charge in [-0.3, -0.25) is 4.79 Å². The molecular formula is C28H51ClN4O5. The summed E-state index contributed by atoms with van der Waals surface area (Å²) in [4.78, 5) is 15.9. The molecule has 3 aliphatic rings. The second kappa shape index (κ2) is 16.3. The van der Waals surface area contributed by atoms with E-state index in [9.17, 15) is 9.90 Å². The molecule has 0 radical (unpaired) electrons. The minimum atomic E-state index is -0.240. The number of halogens is 1. The van der Waals surface area contributed by atoms with Gasteiger partial charge in [0, 0.05) is 43.0 Å². The smallest absolute Gasteiger partial charge is 0.240 e. The molecule has 1 aliphatic carbocycles. The third-order valence-electron chi connectivity index (χ3n) is 8.03. The third kappa shape index (κ3) is 9.10. The molecule has 0 bridgehead atoms. The van der Waals surface area contributed by atoms with Gasteiger partial charge in [-0.2, -0.15) is 0 Å². The highest BCUT2D eigenvalue weighted by atomic mass is 35.5. The van der Waals surface area contributed by atoms with Crippen LogP contribution in [0.3, 0.4) is 0 Å². The Balaban J connectivity index is 0.00000342. The molecule has 1 amide bonds. The third-order valence-corrected chi connectivity index (χ3v) is 8.28. The van der Waals surface area contributed by atoms with Crippen molar-refractivity contribution in [1.29, 1.82) is 0 Å². The average Bonchev–Trinajstić information content (AvgIpc) is 3.35. The van der Waals surface area contributed by atoms with E-state index in [0.717, 1.165) is 56.3 Å². The van der Waals surface area contributed by atoms with E-state index in [0.29, 0.717) is 24.2 Å². The van der Waals surface area contributed by atoms with Crippen molar-refractivity contribution in [3.05, 3.63) is 46.7 Å². The lowest BCUT2D eigenvalue weighted by Gasteiger charge is -2.45. The van der Waals surface area contributed by atoms with Crippen molar-refractivity contribution in [1.82, 2.24) is 20.9 Å². The van der Waals surface area contributed by atoms with Gasteiger partial charge in [-0.1, -0.05) is 51.4 Å². The number of likely N-dealkylation sites (tertiary alicyclic amines) is 1. The number of hydrogen-bond acceptors (Lipinski definition) is 5. The summed E-state index contributed by atoms with van der Waals surface area (Å²) in [7, 11) is 0. The van der Waals surface area contributed by atoms with E-state index >= 15 is 0 Å². The summed E-state index contributed by atoms with van der Waals surface area (Å²) in [6.45, 7) is 7.90. The molecule has 2 fully saturated rings. The van der Waals surface area contributed by atoms with Crippen LogP contribution in [0.15, 0.2) is 36.2 Å². The molecule has 38 heavy (non-hydrogen) atoms. The molecule has 0 spiro atoms. The second-order valence-electron chi connectivity index (χ2n) is 11.1. The first kappa shape index (κ1) is 36.1. The summed E-state index contributed by atoms with van der Waals surface area (Å²) in [5, 5.41) is 20.5. The van der Waals surface area contributed by atoms with Gasteiger partial charge in [0.15, 0.2) is 0 Å². The molecule has 4 rings (SSSR count). The van der Waals surface area contributed by atoms with Crippen molar-refractivity contribution < 1.29 is 26.3 Å². The van der Waals surface area contributed by atoms with E-state index in [1.54, 1.807) is 0 Å². The van der Waals surface area contributed by atoms with Crippen LogP contribution in [-0.2, 0) is 4.79 Å². The van der Waals surface area contributed by atoms with E-state index in [1.165, 1.54) is 18.4 Å². The monoisotopic (exact) mass is 558 g/mol. The van der Waals surface area contributed by atoms with Crippen LogP contribution in [0.1, 0.15) is 71.3 Å². The van der Waals surface area contributed by atoms with E-state index in [1.807, 2.05) is 18.3 Å². The van der Waals surface area contributed by atoms with Crippen molar-refractivity contribution in [2.24, 2.45) is 17.3 Å². The highest BCUT2D eigenvalue weighted by Gasteiger charge is 2.40. The number of aliphatic hydroxyl groups is 1. The maximum atomic E-state index is 13.8. The quantitative estimate of drug-likeness (QED) is 0.381. The molecular weight excluding hydrogens is 508 g/mol. The summed E-state index contributed by atoms with van der Waals surface area (Å²) < 4.78 is 0. The normalized spacial score (nSPS) is 24.6. The van der Waals surface area contributed by atoms with E-state index < -0.39 is 0 Å². The molecule has 1 saturated carbocycles. The van der Waals surface area contributed by atoms with Crippen LogP contribution in [-0.4, -0.2) is 71.3 Å². The average molecular weight is 559 g/mol. The zero-order chi connectivity index (χ0) is 24.1. The summed E-state index contributed by atoms with van der Waals surface area (Å²) in [6.07, 6.45) is 8.12. The lowest BCUT2D eigenvalue weighted by molar-refractivity contribution is -0.137. The fraction of sp³-hybridized carbons (Fsp3) is 0.679. The second-order valence-corrected chi connectivity index (χ2v) is 11.6. The summed E-state index contributed by atoms with van der Waals surface area (Å²) in [5.41, 5.74) is 2.37. The number of rotatable bonds is 8. The summed E-state index contributed by atoms with van der Waals surface area (Å²) in [6, 6.07) is 7.95. The Morgan fingerprint density at radius 3 is 2.45 bits per heavy atom. The molecule has 2 heterocycles. The van der Waals surface area contributed by atoms with Gasteiger partial charge in [0.2, 0.25) is 5.91 Å². The molecule has 220 valence electrons. The highest BCUT2D eigenvalue weighted by molar-refractivity contribution is 6.30. The molecule has 1 aromatic rings. The van der Waals surface area contributed by atoms with Gasteiger partial charge in [0.25, 0.3) is 0 Å². The lowest BCUT2D eigenvalue weighted by atomic mass is 9.70. The molecule has 1 aromatic carbocycles. The fourth-order valence-electron chi connectivity index (χ4n) is 6.13. The molecule has 0 aromatic heterocycles. The minimum Gasteiger partial charge on any atom is -0.412 e. The molecule has 10 N–H and O–H groups in total. The molecule has 4 atom stereocenters. The Labute approximate surface area is 233 Å². The van der Waals surface area contributed by atoms with E-state index in [2.05, 4.69) is 46.8 Å². The molecule has 2 aliphatic heterocycles. The number of aliphatic hydroxyl groups excluding tert-OH is 1. The number of nitrogens with zero attached hydrogens (tertiary/aromatic N) is 1. The molecule has 10 heteroatoms. The van der Waals surface area contributed by atoms with Gasteiger partial charge < -0.3 is 42.4 Å². The predicted octanol–water partition coefficient (Wildman–Crippen LogP) is 1.98. The van der Waals surface area contributed by atoms with Gasteiger partial charge in [-0.25, -0.2) is 0 Å². The fourth-order valence-corrected chi connectivity index (χ4v) is 6.25. The number of carbonyl (C=O) groups excluding carboxylic acids is 1. The number of amides is 1. The topological polar surface area (TPSA) is 171 Å². The zero-order valence-electron chi connectivity index (χ0n) is 22.2. The number of nitrogens with one attached hydrogen (secondary N) is 3. The first-order chi connectivity index (χ1) is 16.4. The van der Waals surface area contributed by atoms with Crippen molar-refractivity contribution in [2.45, 2.75) is 71.8 Å². The number of carbonyl (C=O) groups is 1. The van der Waals surface area contributed by atoms with Crippen molar-refractivity contribution >= 4 is 17.5 Å². The SMILES string of the molecule is C.CC1(C)CN(C(=O)[C@@H](CC2=CNCN2)NCC2CCCC(CO)C2)CCC1c1ccc(Cl)cc1.O.O.O. The lowest BCUT2D eigenvalue weighted by Crippen LogP contribution is -2.54. The van der Waals surface area contributed by atoms with Gasteiger partial charge in [-0.15, -0.1) is 0 Å². The maximum Gasteiger partial charge on any atom is 0.240 e. The minimum absolute atomic E-state index is 0. The highest BCUT2D eigenvalue weighted by Crippen LogP contribution is 2.42. The van der Waals surface area contributed by atoms with E-state index in [-0.39, 0.29) is 47.8 Å². The zero-order valence-corrected chi connectivity index (χ0v) is 22.9. The molecule has 9 nitrogen and oxygen atoms in total.